The monoisotopic (exact) mass is 318 g/mol. The Bertz CT molecular complexity index is 632. The molecule has 1 amide bonds. The standard InChI is InChI=1S/C13H16F2N2O3S/c1-3-21(19,20)10-7-17(8-10)12(18)9-4-5-11(16-6-9)13(2,14)15/h4-6,10H,3,7-8H2,1-2H3. The fourth-order valence-electron chi connectivity index (χ4n) is 2.03. The maximum atomic E-state index is 13.0. The van der Waals surface area contributed by atoms with Crippen LogP contribution in [0.1, 0.15) is 29.9 Å². The molecule has 0 bridgehead atoms. The third kappa shape index (κ3) is 3.20. The van der Waals surface area contributed by atoms with E-state index in [-0.39, 0.29) is 24.4 Å². The van der Waals surface area contributed by atoms with Gasteiger partial charge in [0.15, 0.2) is 9.84 Å². The molecule has 2 heterocycles. The van der Waals surface area contributed by atoms with Gasteiger partial charge in [-0.2, -0.15) is 8.78 Å². The largest absolute Gasteiger partial charge is 0.336 e. The molecule has 5 nitrogen and oxygen atoms in total. The van der Waals surface area contributed by atoms with Gasteiger partial charge in [0.05, 0.1) is 10.8 Å². The van der Waals surface area contributed by atoms with E-state index >= 15 is 0 Å². The first kappa shape index (κ1) is 15.8. The number of rotatable bonds is 4. The molecule has 2 rings (SSSR count). The van der Waals surface area contributed by atoms with Gasteiger partial charge in [-0.15, -0.1) is 0 Å². The highest BCUT2D eigenvalue weighted by Crippen LogP contribution is 2.25. The smallest absolute Gasteiger partial charge is 0.286 e. The summed E-state index contributed by atoms with van der Waals surface area (Å²) >= 11 is 0. The van der Waals surface area contributed by atoms with Crippen molar-refractivity contribution < 1.29 is 22.0 Å². The van der Waals surface area contributed by atoms with Crippen molar-refractivity contribution >= 4 is 15.7 Å². The van der Waals surface area contributed by atoms with Gasteiger partial charge in [0.1, 0.15) is 5.69 Å². The van der Waals surface area contributed by atoms with Crippen molar-refractivity contribution in [3.63, 3.8) is 0 Å². The van der Waals surface area contributed by atoms with Gasteiger partial charge >= 0.3 is 0 Å². The Morgan fingerprint density at radius 3 is 2.48 bits per heavy atom. The third-order valence-electron chi connectivity index (χ3n) is 3.51. The Hall–Kier alpha value is -1.57. The second-order valence-corrected chi connectivity index (χ2v) is 7.67. The van der Waals surface area contributed by atoms with Crippen LogP contribution in [0.2, 0.25) is 0 Å². The van der Waals surface area contributed by atoms with E-state index in [0.717, 1.165) is 19.2 Å². The zero-order chi connectivity index (χ0) is 15.8. The summed E-state index contributed by atoms with van der Waals surface area (Å²) in [5.41, 5.74) is -0.232. The number of hydrogen-bond donors (Lipinski definition) is 0. The number of amides is 1. The normalized spacial score (nSPS) is 16.7. The van der Waals surface area contributed by atoms with Crippen molar-refractivity contribution in [2.24, 2.45) is 0 Å². The Morgan fingerprint density at radius 2 is 2.05 bits per heavy atom. The van der Waals surface area contributed by atoms with Gasteiger partial charge < -0.3 is 4.90 Å². The molecule has 0 atom stereocenters. The fraction of sp³-hybridized carbons (Fsp3) is 0.538. The summed E-state index contributed by atoms with van der Waals surface area (Å²) in [4.78, 5) is 17.0. The number of nitrogens with zero attached hydrogens (tertiary/aromatic N) is 2. The maximum absolute atomic E-state index is 13.0. The van der Waals surface area contributed by atoms with E-state index in [1.165, 1.54) is 11.0 Å². The molecular formula is C13H16F2N2O3S. The number of alkyl halides is 2. The fourth-order valence-corrected chi connectivity index (χ4v) is 3.31. The number of aromatic nitrogens is 1. The molecular weight excluding hydrogens is 302 g/mol. The van der Waals surface area contributed by atoms with Crippen LogP contribution in [-0.2, 0) is 15.8 Å². The second kappa shape index (κ2) is 5.32. The van der Waals surface area contributed by atoms with Gasteiger partial charge in [-0.05, 0) is 12.1 Å². The molecule has 0 radical (unpaired) electrons. The molecule has 0 saturated carbocycles. The van der Waals surface area contributed by atoms with E-state index in [1.54, 1.807) is 6.92 Å². The topological polar surface area (TPSA) is 67.3 Å². The number of hydrogen-bond acceptors (Lipinski definition) is 4. The molecule has 1 fully saturated rings. The van der Waals surface area contributed by atoms with Crippen molar-refractivity contribution in [2.45, 2.75) is 25.0 Å². The lowest BCUT2D eigenvalue weighted by Crippen LogP contribution is -2.57. The quantitative estimate of drug-likeness (QED) is 0.843. The van der Waals surface area contributed by atoms with Gasteiger partial charge in [-0.3, -0.25) is 9.78 Å². The minimum Gasteiger partial charge on any atom is -0.336 e. The molecule has 116 valence electrons. The van der Waals surface area contributed by atoms with Crippen LogP contribution < -0.4 is 0 Å². The van der Waals surface area contributed by atoms with Crippen molar-refractivity contribution in [1.29, 1.82) is 0 Å². The van der Waals surface area contributed by atoms with Crippen LogP contribution in [-0.4, -0.2) is 48.3 Å². The molecule has 0 aliphatic carbocycles. The van der Waals surface area contributed by atoms with Gasteiger partial charge in [0.2, 0.25) is 0 Å². The molecule has 0 spiro atoms. The summed E-state index contributed by atoms with van der Waals surface area (Å²) in [6, 6.07) is 2.39. The first-order valence-electron chi connectivity index (χ1n) is 6.50. The zero-order valence-corrected chi connectivity index (χ0v) is 12.5. The van der Waals surface area contributed by atoms with Crippen molar-refractivity contribution in [2.75, 3.05) is 18.8 Å². The van der Waals surface area contributed by atoms with Gasteiger partial charge in [-0.1, -0.05) is 6.92 Å². The summed E-state index contributed by atoms with van der Waals surface area (Å²) in [5, 5.41) is -0.529. The number of carbonyl (C=O) groups is 1. The Labute approximate surface area is 121 Å². The number of likely N-dealkylation sites (tertiary alicyclic amines) is 1. The first-order chi connectivity index (χ1) is 9.65. The minimum absolute atomic E-state index is 0.0432. The van der Waals surface area contributed by atoms with Gasteiger partial charge in [-0.25, -0.2) is 8.42 Å². The summed E-state index contributed by atoms with van der Waals surface area (Å²) in [7, 11) is -3.14. The number of pyridine rings is 1. The van der Waals surface area contributed by atoms with Crippen LogP contribution in [0.4, 0.5) is 8.78 Å². The molecule has 21 heavy (non-hydrogen) atoms. The highest BCUT2D eigenvalue weighted by Gasteiger charge is 2.39. The van der Waals surface area contributed by atoms with Crippen LogP contribution in [0, 0.1) is 0 Å². The maximum Gasteiger partial charge on any atom is 0.286 e. The molecule has 1 saturated heterocycles. The van der Waals surface area contributed by atoms with Crippen molar-refractivity contribution in [1.82, 2.24) is 9.88 Å². The Balaban J connectivity index is 2.03. The van der Waals surface area contributed by atoms with E-state index in [1.807, 2.05) is 0 Å². The van der Waals surface area contributed by atoms with E-state index < -0.39 is 32.6 Å². The predicted octanol–water partition coefficient (Wildman–Crippen LogP) is 1.45. The molecule has 8 heteroatoms. The van der Waals surface area contributed by atoms with Crippen molar-refractivity contribution in [3.05, 3.63) is 29.6 Å². The molecule has 0 unspecified atom stereocenters. The highest BCUT2D eigenvalue weighted by atomic mass is 32.2. The first-order valence-corrected chi connectivity index (χ1v) is 8.22. The molecule has 0 aromatic carbocycles. The highest BCUT2D eigenvalue weighted by molar-refractivity contribution is 7.92. The average Bonchev–Trinajstić information content (AvgIpc) is 2.35. The van der Waals surface area contributed by atoms with Crippen LogP contribution in [0.25, 0.3) is 0 Å². The van der Waals surface area contributed by atoms with Crippen LogP contribution in [0.15, 0.2) is 18.3 Å². The van der Waals surface area contributed by atoms with Crippen LogP contribution in [0.5, 0.6) is 0 Å². The Morgan fingerprint density at radius 1 is 1.43 bits per heavy atom. The SMILES string of the molecule is CCS(=O)(=O)C1CN(C(=O)c2ccc(C(C)(F)F)nc2)C1. The summed E-state index contributed by atoms with van der Waals surface area (Å²) in [6.45, 7) is 2.57. The number of carbonyl (C=O) groups excluding carboxylic acids is 1. The molecule has 1 aromatic heterocycles. The number of sulfone groups is 1. The lowest BCUT2D eigenvalue weighted by atomic mass is 10.1. The lowest BCUT2D eigenvalue weighted by Gasteiger charge is -2.38. The third-order valence-corrected chi connectivity index (χ3v) is 5.62. The predicted molar refractivity (Wildman–Crippen MR) is 73.0 cm³/mol. The second-order valence-electron chi connectivity index (χ2n) is 5.10. The lowest BCUT2D eigenvalue weighted by molar-refractivity contribution is 0.0126. The Kier molecular flexibility index (Phi) is 4.01. The summed E-state index contributed by atoms with van der Waals surface area (Å²) < 4.78 is 49.3. The van der Waals surface area contributed by atoms with Gasteiger partial charge in [0, 0.05) is 32.0 Å². The number of halogens is 2. The van der Waals surface area contributed by atoms with E-state index in [4.69, 9.17) is 0 Å². The minimum atomic E-state index is -3.14. The molecule has 1 aromatic rings. The summed E-state index contributed by atoms with van der Waals surface area (Å²) in [6.07, 6.45) is 1.09. The summed E-state index contributed by atoms with van der Waals surface area (Å²) in [5.74, 6) is -3.41. The van der Waals surface area contributed by atoms with E-state index in [9.17, 15) is 22.0 Å². The van der Waals surface area contributed by atoms with E-state index in [0.29, 0.717) is 0 Å². The van der Waals surface area contributed by atoms with Crippen LogP contribution in [0.3, 0.4) is 0 Å². The van der Waals surface area contributed by atoms with Crippen LogP contribution >= 0.6 is 0 Å². The van der Waals surface area contributed by atoms with Gasteiger partial charge in [0.25, 0.3) is 11.8 Å². The zero-order valence-electron chi connectivity index (χ0n) is 11.7. The van der Waals surface area contributed by atoms with E-state index in [2.05, 4.69) is 4.98 Å². The molecule has 1 aliphatic rings. The average molecular weight is 318 g/mol. The molecule has 0 N–H and O–H groups in total. The molecule has 1 aliphatic heterocycles. The van der Waals surface area contributed by atoms with Crippen molar-refractivity contribution in [3.8, 4) is 0 Å².